The molecule has 0 fully saturated rings. The standard InChI is InChI=1S/C33H25N3/c1-33(2)26-10-6-4-9-23(26)32-24-18-31-25(16-20(24)12-14-27(32)33)22-8-5-7-11-29(22)36(31)21-13-15-30-28(17-21)34-19-35(30)3/h4-19H,1-3H3. The molecule has 3 nitrogen and oxygen atoms in total. The SMILES string of the molecule is Cn1cnc2cc(-n3c4ccccc4c4cc5ccc6c(c5cc43)-c3ccccc3C6(C)C)ccc21. The molecule has 0 saturated carbocycles. The van der Waals surface area contributed by atoms with E-state index in [0.29, 0.717) is 0 Å². The van der Waals surface area contributed by atoms with E-state index < -0.39 is 0 Å². The number of para-hydroxylation sites is 1. The van der Waals surface area contributed by atoms with Crippen molar-refractivity contribution in [3.05, 3.63) is 108 Å². The van der Waals surface area contributed by atoms with Crippen LogP contribution in [0.1, 0.15) is 25.0 Å². The van der Waals surface area contributed by atoms with Crippen molar-refractivity contribution in [2.24, 2.45) is 7.05 Å². The molecule has 1 aliphatic carbocycles. The van der Waals surface area contributed by atoms with Crippen molar-refractivity contribution in [3.63, 3.8) is 0 Å². The third-order valence-electron chi connectivity index (χ3n) is 8.32. The van der Waals surface area contributed by atoms with Crippen LogP contribution in [0.25, 0.3) is 60.4 Å². The third kappa shape index (κ3) is 2.40. The van der Waals surface area contributed by atoms with E-state index in [2.05, 4.69) is 119 Å². The molecule has 7 aromatic rings. The molecule has 5 aromatic carbocycles. The fourth-order valence-electron chi connectivity index (χ4n) is 6.53. The van der Waals surface area contributed by atoms with E-state index in [1.54, 1.807) is 0 Å². The molecule has 0 aliphatic heterocycles. The molecule has 2 aromatic heterocycles. The van der Waals surface area contributed by atoms with Crippen LogP contribution in [-0.2, 0) is 12.5 Å². The van der Waals surface area contributed by atoms with Crippen LogP contribution < -0.4 is 0 Å². The Kier molecular flexibility index (Phi) is 3.67. The molecule has 0 saturated heterocycles. The molecule has 3 heteroatoms. The highest BCUT2D eigenvalue weighted by Gasteiger charge is 2.36. The van der Waals surface area contributed by atoms with Gasteiger partial charge in [0.05, 0.1) is 28.4 Å². The van der Waals surface area contributed by atoms with Gasteiger partial charge in [0.1, 0.15) is 0 Å². The Hall–Kier alpha value is -4.37. The van der Waals surface area contributed by atoms with Crippen molar-refractivity contribution < 1.29 is 0 Å². The first-order valence-electron chi connectivity index (χ1n) is 12.5. The van der Waals surface area contributed by atoms with Gasteiger partial charge in [0.25, 0.3) is 0 Å². The fraction of sp³-hybridized carbons (Fsp3) is 0.121. The van der Waals surface area contributed by atoms with E-state index >= 15 is 0 Å². The maximum atomic E-state index is 4.64. The lowest BCUT2D eigenvalue weighted by molar-refractivity contribution is 0.661. The zero-order valence-electron chi connectivity index (χ0n) is 20.6. The average molecular weight is 464 g/mol. The molecule has 172 valence electrons. The van der Waals surface area contributed by atoms with Crippen LogP contribution in [0.4, 0.5) is 0 Å². The van der Waals surface area contributed by atoms with Gasteiger partial charge < -0.3 is 9.13 Å². The number of aryl methyl sites for hydroxylation is 1. The molecule has 0 bridgehead atoms. The van der Waals surface area contributed by atoms with Crippen molar-refractivity contribution in [2.45, 2.75) is 19.3 Å². The largest absolute Gasteiger partial charge is 0.334 e. The van der Waals surface area contributed by atoms with Gasteiger partial charge in [-0.25, -0.2) is 4.98 Å². The number of rotatable bonds is 1. The van der Waals surface area contributed by atoms with Gasteiger partial charge in [-0.3, -0.25) is 0 Å². The molecule has 0 spiro atoms. The summed E-state index contributed by atoms with van der Waals surface area (Å²) in [4.78, 5) is 4.64. The minimum atomic E-state index is -0.00814. The Balaban J connectivity index is 1.52. The Morgan fingerprint density at radius 3 is 2.42 bits per heavy atom. The van der Waals surface area contributed by atoms with E-state index in [1.165, 1.54) is 54.8 Å². The van der Waals surface area contributed by atoms with Gasteiger partial charge in [0.15, 0.2) is 0 Å². The number of benzene rings is 5. The zero-order chi connectivity index (χ0) is 24.2. The zero-order valence-corrected chi connectivity index (χ0v) is 20.6. The predicted octanol–water partition coefficient (Wildman–Crippen LogP) is 8.13. The van der Waals surface area contributed by atoms with Gasteiger partial charge in [-0.1, -0.05) is 68.4 Å². The first kappa shape index (κ1) is 19.9. The molecule has 36 heavy (non-hydrogen) atoms. The highest BCUT2D eigenvalue weighted by Crippen LogP contribution is 2.51. The lowest BCUT2D eigenvalue weighted by Gasteiger charge is -2.21. The van der Waals surface area contributed by atoms with Crippen LogP contribution in [0.15, 0.2) is 97.3 Å². The summed E-state index contributed by atoms with van der Waals surface area (Å²) in [5.74, 6) is 0. The van der Waals surface area contributed by atoms with Gasteiger partial charge in [-0.2, -0.15) is 0 Å². The number of hydrogen-bond donors (Lipinski definition) is 0. The number of hydrogen-bond acceptors (Lipinski definition) is 1. The minimum Gasteiger partial charge on any atom is -0.334 e. The van der Waals surface area contributed by atoms with Gasteiger partial charge in [-0.15, -0.1) is 0 Å². The molecule has 0 unspecified atom stereocenters. The van der Waals surface area contributed by atoms with E-state index in [0.717, 1.165) is 16.7 Å². The van der Waals surface area contributed by atoms with Crippen molar-refractivity contribution in [3.8, 4) is 16.8 Å². The highest BCUT2D eigenvalue weighted by atomic mass is 15.0. The summed E-state index contributed by atoms with van der Waals surface area (Å²) in [5, 5.41) is 5.17. The summed E-state index contributed by atoms with van der Waals surface area (Å²) in [6.07, 6.45) is 1.89. The molecular formula is C33H25N3. The van der Waals surface area contributed by atoms with Crippen LogP contribution in [0.5, 0.6) is 0 Å². The van der Waals surface area contributed by atoms with Crippen molar-refractivity contribution in [1.82, 2.24) is 14.1 Å². The molecule has 0 N–H and O–H groups in total. The summed E-state index contributed by atoms with van der Waals surface area (Å²) in [6, 6.07) is 33.7. The number of imidazole rings is 1. The van der Waals surface area contributed by atoms with Crippen LogP contribution >= 0.6 is 0 Å². The number of aromatic nitrogens is 3. The smallest absolute Gasteiger partial charge is 0.0955 e. The molecule has 0 radical (unpaired) electrons. The second-order valence-electron chi connectivity index (χ2n) is 10.6. The predicted molar refractivity (Wildman–Crippen MR) is 150 cm³/mol. The van der Waals surface area contributed by atoms with Gasteiger partial charge in [-0.05, 0) is 69.4 Å². The maximum Gasteiger partial charge on any atom is 0.0955 e. The average Bonchev–Trinajstić information content (AvgIpc) is 3.50. The Bertz CT molecular complexity index is 2030. The molecule has 1 aliphatic rings. The Labute approximate surface area is 209 Å². The number of fused-ring (bicyclic) bond motifs is 9. The van der Waals surface area contributed by atoms with Crippen LogP contribution in [0.2, 0.25) is 0 Å². The van der Waals surface area contributed by atoms with Crippen LogP contribution in [-0.4, -0.2) is 14.1 Å². The topological polar surface area (TPSA) is 22.8 Å². The van der Waals surface area contributed by atoms with Gasteiger partial charge in [0, 0.05) is 28.9 Å². The second kappa shape index (κ2) is 6.64. The number of nitrogens with zero attached hydrogens (tertiary/aromatic N) is 3. The lowest BCUT2D eigenvalue weighted by Crippen LogP contribution is -2.14. The summed E-state index contributed by atoms with van der Waals surface area (Å²) in [5.41, 5.74) is 11.3. The lowest BCUT2D eigenvalue weighted by atomic mass is 9.82. The normalized spacial score (nSPS) is 14.2. The van der Waals surface area contributed by atoms with E-state index in [1.807, 2.05) is 13.4 Å². The fourth-order valence-corrected chi connectivity index (χ4v) is 6.53. The van der Waals surface area contributed by atoms with Gasteiger partial charge in [0.2, 0.25) is 0 Å². The minimum absolute atomic E-state index is 0.00814. The van der Waals surface area contributed by atoms with Crippen molar-refractivity contribution in [1.29, 1.82) is 0 Å². The Morgan fingerprint density at radius 1 is 0.667 bits per heavy atom. The molecular weight excluding hydrogens is 438 g/mol. The summed E-state index contributed by atoms with van der Waals surface area (Å²) in [6.45, 7) is 4.70. The molecule has 0 amide bonds. The summed E-state index contributed by atoms with van der Waals surface area (Å²) < 4.78 is 4.48. The quantitative estimate of drug-likeness (QED) is 0.241. The summed E-state index contributed by atoms with van der Waals surface area (Å²) >= 11 is 0. The monoisotopic (exact) mass is 463 g/mol. The first-order chi connectivity index (χ1) is 17.5. The summed E-state index contributed by atoms with van der Waals surface area (Å²) in [7, 11) is 2.04. The van der Waals surface area contributed by atoms with Crippen molar-refractivity contribution in [2.75, 3.05) is 0 Å². The first-order valence-corrected chi connectivity index (χ1v) is 12.5. The van der Waals surface area contributed by atoms with E-state index in [4.69, 9.17) is 0 Å². The van der Waals surface area contributed by atoms with Crippen LogP contribution in [0, 0.1) is 0 Å². The second-order valence-corrected chi connectivity index (χ2v) is 10.6. The molecule has 8 rings (SSSR count). The Morgan fingerprint density at radius 2 is 1.50 bits per heavy atom. The highest BCUT2D eigenvalue weighted by molar-refractivity contribution is 6.16. The molecule has 0 atom stereocenters. The maximum absolute atomic E-state index is 4.64. The third-order valence-corrected chi connectivity index (χ3v) is 8.32. The van der Waals surface area contributed by atoms with Crippen LogP contribution in [0.3, 0.4) is 0 Å². The molecule has 2 heterocycles. The van der Waals surface area contributed by atoms with Gasteiger partial charge >= 0.3 is 0 Å². The van der Waals surface area contributed by atoms with Crippen molar-refractivity contribution >= 4 is 43.6 Å². The van der Waals surface area contributed by atoms with E-state index in [9.17, 15) is 0 Å². The van der Waals surface area contributed by atoms with E-state index in [-0.39, 0.29) is 5.41 Å².